The van der Waals surface area contributed by atoms with E-state index in [9.17, 15) is 4.79 Å². The zero-order valence-corrected chi connectivity index (χ0v) is 12.6. The SMILES string of the molecule is Cc1ncn(-c2ccc(NC(=O)C(C)(C)C#N)cc2)c1C. The van der Waals surface area contributed by atoms with Gasteiger partial charge in [-0.3, -0.25) is 4.79 Å². The summed E-state index contributed by atoms with van der Waals surface area (Å²) in [6.07, 6.45) is 1.77. The van der Waals surface area contributed by atoms with E-state index < -0.39 is 5.41 Å². The van der Waals surface area contributed by atoms with E-state index in [-0.39, 0.29) is 5.91 Å². The van der Waals surface area contributed by atoms with Gasteiger partial charge >= 0.3 is 0 Å². The minimum atomic E-state index is -1.04. The lowest BCUT2D eigenvalue weighted by molar-refractivity contribution is -0.121. The van der Waals surface area contributed by atoms with Crippen LogP contribution in [0.4, 0.5) is 5.69 Å². The molecule has 21 heavy (non-hydrogen) atoms. The predicted octanol–water partition coefficient (Wildman–Crippen LogP) is 2.98. The van der Waals surface area contributed by atoms with Crippen molar-refractivity contribution in [1.29, 1.82) is 5.26 Å². The van der Waals surface area contributed by atoms with Crippen molar-refractivity contribution in [3.8, 4) is 11.8 Å². The summed E-state index contributed by atoms with van der Waals surface area (Å²) in [6, 6.07) is 9.43. The number of hydrogen-bond acceptors (Lipinski definition) is 3. The maximum Gasteiger partial charge on any atom is 0.244 e. The Hall–Kier alpha value is -2.61. The second-order valence-electron chi connectivity index (χ2n) is 5.52. The first-order valence-electron chi connectivity index (χ1n) is 6.69. The topological polar surface area (TPSA) is 70.7 Å². The van der Waals surface area contributed by atoms with E-state index >= 15 is 0 Å². The van der Waals surface area contributed by atoms with Crippen molar-refractivity contribution in [2.45, 2.75) is 27.7 Å². The molecular weight excluding hydrogens is 264 g/mol. The molecule has 5 heteroatoms. The van der Waals surface area contributed by atoms with E-state index in [0.29, 0.717) is 5.69 Å². The van der Waals surface area contributed by atoms with E-state index in [1.54, 1.807) is 20.2 Å². The Morgan fingerprint density at radius 2 is 1.90 bits per heavy atom. The van der Waals surface area contributed by atoms with Crippen LogP contribution in [0.2, 0.25) is 0 Å². The minimum absolute atomic E-state index is 0.313. The highest BCUT2D eigenvalue weighted by molar-refractivity contribution is 5.96. The number of hydrogen-bond donors (Lipinski definition) is 1. The van der Waals surface area contributed by atoms with Crippen LogP contribution < -0.4 is 5.32 Å². The van der Waals surface area contributed by atoms with Gasteiger partial charge in [0.25, 0.3) is 0 Å². The van der Waals surface area contributed by atoms with Crippen LogP contribution in [-0.2, 0) is 4.79 Å². The molecule has 0 radical (unpaired) electrons. The Morgan fingerprint density at radius 1 is 1.29 bits per heavy atom. The number of anilines is 1. The molecule has 0 aliphatic carbocycles. The molecule has 0 saturated heterocycles. The second kappa shape index (κ2) is 5.41. The van der Waals surface area contributed by atoms with Gasteiger partial charge in [-0.1, -0.05) is 0 Å². The molecule has 0 atom stereocenters. The molecule has 1 amide bonds. The first-order chi connectivity index (χ1) is 9.85. The Kier molecular flexibility index (Phi) is 3.81. The molecule has 1 aromatic heterocycles. The van der Waals surface area contributed by atoms with Gasteiger partial charge in [0, 0.05) is 17.1 Å². The Morgan fingerprint density at radius 3 is 2.38 bits per heavy atom. The van der Waals surface area contributed by atoms with Gasteiger partial charge in [-0.2, -0.15) is 5.26 Å². The largest absolute Gasteiger partial charge is 0.325 e. The molecule has 1 heterocycles. The molecule has 1 aromatic carbocycles. The second-order valence-corrected chi connectivity index (χ2v) is 5.52. The number of nitrogens with one attached hydrogen (secondary N) is 1. The molecule has 0 spiro atoms. The van der Waals surface area contributed by atoms with Crippen molar-refractivity contribution in [1.82, 2.24) is 9.55 Å². The molecular formula is C16H18N4O. The number of nitriles is 1. The lowest BCUT2D eigenvalue weighted by Crippen LogP contribution is -2.29. The monoisotopic (exact) mass is 282 g/mol. The van der Waals surface area contributed by atoms with Crippen LogP contribution in [-0.4, -0.2) is 15.5 Å². The number of carbonyl (C=O) groups is 1. The average molecular weight is 282 g/mol. The number of rotatable bonds is 3. The molecule has 0 fully saturated rings. The van der Waals surface area contributed by atoms with Gasteiger partial charge < -0.3 is 9.88 Å². The molecule has 0 aliphatic heterocycles. The molecule has 1 N–H and O–H groups in total. The quantitative estimate of drug-likeness (QED) is 0.940. The van der Waals surface area contributed by atoms with Gasteiger partial charge in [0.05, 0.1) is 18.1 Å². The Balaban J connectivity index is 2.19. The summed E-state index contributed by atoms with van der Waals surface area (Å²) < 4.78 is 1.99. The third kappa shape index (κ3) is 2.95. The Bertz CT molecular complexity index is 705. The van der Waals surface area contributed by atoms with Gasteiger partial charge in [0.2, 0.25) is 5.91 Å². The number of imidazole rings is 1. The van der Waals surface area contributed by atoms with Gasteiger partial charge in [-0.15, -0.1) is 0 Å². The minimum Gasteiger partial charge on any atom is -0.325 e. The van der Waals surface area contributed by atoms with E-state index in [4.69, 9.17) is 5.26 Å². The Labute approximate surface area is 124 Å². The maximum atomic E-state index is 11.9. The van der Waals surface area contributed by atoms with Crippen LogP contribution in [0, 0.1) is 30.6 Å². The third-order valence-electron chi connectivity index (χ3n) is 3.50. The molecule has 0 saturated carbocycles. The van der Waals surface area contributed by atoms with Gasteiger partial charge in [-0.25, -0.2) is 4.98 Å². The molecule has 108 valence electrons. The lowest BCUT2D eigenvalue weighted by Gasteiger charge is -2.15. The van der Waals surface area contributed by atoms with Crippen molar-refractivity contribution in [2.75, 3.05) is 5.32 Å². The molecule has 0 bridgehead atoms. The molecule has 2 rings (SSSR count). The average Bonchev–Trinajstić information content (AvgIpc) is 2.80. The van der Waals surface area contributed by atoms with Crippen molar-refractivity contribution < 1.29 is 4.79 Å². The summed E-state index contributed by atoms with van der Waals surface area (Å²) in [5, 5.41) is 11.7. The molecule has 0 unspecified atom stereocenters. The van der Waals surface area contributed by atoms with Crippen molar-refractivity contribution in [2.24, 2.45) is 5.41 Å². The highest BCUT2D eigenvalue weighted by Gasteiger charge is 2.27. The summed E-state index contributed by atoms with van der Waals surface area (Å²) in [7, 11) is 0. The standard InChI is InChI=1S/C16H18N4O/c1-11-12(2)20(10-18-11)14-7-5-13(6-8-14)19-15(21)16(3,4)9-17/h5-8,10H,1-4H3,(H,19,21). The van der Waals surface area contributed by atoms with Crippen LogP contribution in [0.15, 0.2) is 30.6 Å². The third-order valence-corrected chi connectivity index (χ3v) is 3.50. The van der Waals surface area contributed by atoms with E-state index in [1.807, 2.05) is 48.7 Å². The van der Waals surface area contributed by atoms with Crippen LogP contribution in [0.3, 0.4) is 0 Å². The fraction of sp³-hybridized carbons (Fsp3) is 0.312. The molecule has 0 aliphatic rings. The molecule has 2 aromatic rings. The van der Waals surface area contributed by atoms with Crippen LogP contribution in [0.25, 0.3) is 5.69 Å². The normalized spacial score (nSPS) is 11.0. The van der Waals surface area contributed by atoms with Gasteiger partial charge in [-0.05, 0) is 52.0 Å². The van der Waals surface area contributed by atoms with Crippen molar-refractivity contribution in [3.05, 3.63) is 42.0 Å². The zero-order chi connectivity index (χ0) is 15.6. The van der Waals surface area contributed by atoms with E-state index in [2.05, 4.69) is 10.3 Å². The molecule has 5 nitrogen and oxygen atoms in total. The first kappa shape index (κ1) is 14.8. The number of aryl methyl sites for hydroxylation is 1. The lowest BCUT2D eigenvalue weighted by atomic mass is 9.94. The fourth-order valence-electron chi connectivity index (χ4n) is 1.80. The van der Waals surface area contributed by atoms with Crippen molar-refractivity contribution in [3.63, 3.8) is 0 Å². The maximum absolute atomic E-state index is 11.9. The highest BCUT2D eigenvalue weighted by atomic mass is 16.2. The van der Waals surface area contributed by atoms with Crippen LogP contribution in [0.1, 0.15) is 25.2 Å². The van der Waals surface area contributed by atoms with Gasteiger partial charge in [0.15, 0.2) is 0 Å². The summed E-state index contributed by atoms with van der Waals surface area (Å²) in [5.74, 6) is -0.313. The first-order valence-corrected chi connectivity index (χ1v) is 6.69. The number of nitrogens with zero attached hydrogens (tertiary/aromatic N) is 3. The summed E-state index contributed by atoms with van der Waals surface area (Å²) in [6.45, 7) is 7.15. The number of aromatic nitrogens is 2. The van der Waals surface area contributed by atoms with Crippen LogP contribution in [0.5, 0.6) is 0 Å². The summed E-state index contributed by atoms with van der Waals surface area (Å²) in [4.78, 5) is 16.2. The number of benzene rings is 1. The highest BCUT2D eigenvalue weighted by Crippen LogP contribution is 2.20. The van der Waals surface area contributed by atoms with Crippen LogP contribution >= 0.6 is 0 Å². The fourth-order valence-corrected chi connectivity index (χ4v) is 1.80. The van der Waals surface area contributed by atoms with Gasteiger partial charge in [0.1, 0.15) is 5.41 Å². The summed E-state index contributed by atoms with van der Waals surface area (Å²) >= 11 is 0. The van der Waals surface area contributed by atoms with E-state index in [0.717, 1.165) is 17.1 Å². The smallest absolute Gasteiger partial charge is 0.244 e. The van der Waals surface area contributed by atoms with E-state index in [1.165, 1.54) is 0 Å². The van der Waals surface area contributed by atoms with Crippen molar-refractivity contribution >= 4 is 11.6 Å². The zero-order valence-electron chi connectivity index (χ0n) is 12.6. The predicted molar refractivity (Wildman–Crippen MR) is 81.1 cm³/mol. The number of amides is 1. The summed E-state index contributed by atoms with van der Waals surface area (Å²) in [5.41, 5.74) is 2.67. The number of carbonyl (C=O) groups excluding carboxylic acids is 1.